The highest BCUT2D eigenvalue weighted by atomic mass is 15.3. The summed E-state index contributed by atoms with van der Waals surface area (Å²) in [5.41, 5.74) is 7.26. The van der Waals surface area contributed by atoms with Gasteiger partial charge in [0.25, 0.3) is 0 Å². The maximum Gasteiger partial charge on any atom is 0.0668 e. The van der Waals surface area contributed by atoms with Gasteiger partial charge >= 0.3 is 0 Å². The van der Waals surface area contributed by atoms with Gasteiger partial charge in [-0.3, -0.25) is 9.58 Å². The third-order valence-electron chi connectivity index (χ3n) is 2.86. The fraction of sp³-hybridized carbons (Fsp3) is 0.667. The van der Waals surface area contributed by atoms with Gasteiger partial charge in [0, 0.05) is 25.8 Å². The summed E-state index contributed by atoms with van der Waals surface area (Å²) in [5, 5.41) is 4.16. The molecule has 0 saturated carbocycles. The van der Waals surface area contributed by atoms with Crippen LogP contribution in [0.2, 0.25) is 0 Å². The Kier molecular flexibility index (Phi) is 2.09. The minimum atomic E-state index is 0.250. The van der Waals surface area contributed by atoms with E-state index in [1.54, 1.807) is 0 Å². The maximum absolute atomic E-state index is 6.05. The van der Waals surface area contributed by atoms with Crippen molar-refractivity contribution < 1.29 is 0 Å². The Morgan fingerprint density at radius 2 is 2.31 bits per heavy atom. The molecule has 4 heteroatoms. The predicted molar refractivity (Wildman–Crippen MR) is 51.2 cm³/mol. The molecule has 0 amide bonds. The number of likely N-dealkylation sites (tertiary alicyclic amines) is 1. The van der Waals surface area contributed by atoms with Crippen LogP contribution < -0.4 is 5.73 Å². The first-order valence-electron chi connectivity index (χ1n) is 4.64. The highest BCUT2D eigenvalue weighted by molar-refractivity contribution is 5.12. The van der Waals surface area contributed by atoms with Gasteiger partial charge in [0.15, 0.2) is 0 Å². The van der Waals surface area contributed by atoms with E-state index in [1.165, 1.54) is 5.69 Å². The van der Waals surface area contributed by atoms with E-state index in [9.17, 15) is 0 Å². The van der Waals surface area contributed by atoms with E-state index in [0.717, 1.165) is 13.0 Å². The second kappa shape index (κ2) is 3.12. The first-order valence-corrected chi connectivity index (χ1v) is 4.64. The van der Waals surface area contributed by atoms with Gasteiger partial charge in [-0.15, -0.1) is 0 Å². The van der Waals surface area contributed by atoms with Crippen molar-refractivity contribution in [2.45, 2.75) is 18.5 Å². The average molecular weight is 180 g/mol. The van der Waals surface area contributed by atoms with Crippen LogP contribution in [0.15, 0.2) is 12.3 Å². The molecule has 2 N–H and O–H groups in total. The zero-order valence-electron chi connectivity index (χ0n) is 8.14. The van der Waals surface area contributed by atoms with Crippen LogP contribution in [0.3, 0.4) is 0 Å². The van der Waals surface area contributed by atoms with Crippen molar-refractivity contribution in [2.24, 2.45) is 12.8 Å². The van der Waals surface area contributed by atoms with Gasteiger partial charge in [-0.05, 0) is 19.5 Å². The third-order valence-corrected chi connectivity index (χ3v) is 2.86. The molecule has 0 spiro atoms. The minimum absolute atomic E-state index is 0.250. The Balaban J connectivity index is 2.29. The van der Waals surface area contributed by atoms with E-state index in [2.05, 4.69) is 17.0 Å². The van der Waals surface area contributed by atoms with E-state index in [-0.39, 0.29) is 6.04 Å². The molecule has 1 aromatic heterocycles. The van der Waals surface area contributed by atoms with E-state index in [4.69, 9.17) is 5.73 Å². The van der Waals surface area contributed by atoms with Crippen molar-refractivity contribution in [2.75, 3.05) is 13.6 Å². The van der Waals surface area contributed by atoms with Gasteiger partial charge in [0.1, 0.15) is 0 Å². The molecule has 1 saturated heterocycles. The Hall–Kier alpha value is -0.870. The number of nitrogens with two attached hydrogens (primary N) is 1. The highest BCUT2D eigenvalue weighted by Crippen LogP contribution is 2.28. The average Bonchev–Trinajstić information content (AvgIpc) is 2.60. The first kappa shape index (κ1) is 8.72. The smallest absolute Gasteiger partial charge is 0.0668 e. The molecular formula is C9H16N4. The minimum Gasteiger partial charge on any atom is -0.326 e. The monoisotopic (exact) mass is 180 g/mol. The Bertz CT molecular complexity index is 284. The molecule has 2 rings (SSSR count). The summed E-state index contributed by atoms with van der Waals surface area (Å²) in [4.78, 5) is 2.29. The number of rotatable bonds is 1. The lowest BCUT2D eigenvalue weighted by molar-refractivity contribution is 0.291. The summed E-state index contributed by atoms with van der Waals surface area (Å²) in [6, 6.07) is 2.64. The van der Waals surface area contributed by atoms with Crippen LogP contribution in [0.5, 0.6) is 0 Å². The lowest BCUT2D eigenvalue weighted by Gasteiger charge is -2.22. The molecule has 0 radical (unpaired) electrons. The van der Waals surface area contributed by atoms with Gasteiger partial charge < -0.3 is 5.73 Å². The Morgan fingerprint density at radius 3 is 2.77 bits per heavy atom. The van der Waals surface area contributed by atoms with Gasteiger partial charge in [0.05, 0.1) is 11.7 Å². The second-order valence-electron chi connectivity index (χ2n) is 3.76. The topological polar surface area (TPSA) is 47.1 Å². The zero-order valence-corrected chi connectivity index (χ0v) is 8.14. The molecular weight excluding hydrogens is 164 g/mol. The van der Waals surface area contributed by atoms with Crippen molar-refractivity contribution >= 4 is 0 Å². The first-order chi connectivity index (χ1) is 6.20. The largest absolute Gasteiger partial charge is 0.326 e. The maximum atomic E-state index is 6.05. The molecule has 2 unspecified atom stereocenters. The summed E-state index contributed by atoms with van der Waals surface area (Å²) in [6.07, 6.45) is 2.90. The molecule has 2 atom stereocenters. The molecule has 0 aliphatic carbocycles. The molecule has 0 aromatic carbocycles. The SMILES string of the molecule is CN1CCC(N)C1c1ccnn1C. The number of hydrogen-bond donors (Lipinski definition) is 1. The summed E-state index contributed by atoms with van der Waals surface area (Å²) in [7, 11) is 4.08. The zero-order chi connectivity index (χ0) is 9.42. The Morgan fingerprint density at radius 1 is 1.54 bits per heavy atom. The van der Waals surface area contributed by atoms with E-state index < -0.39 is 0 Å². The fourth-order valence-corrected chi connectivity index (χ4v) is 2.10. The number of likely N-dealkylation sites (N-methyl/N-ethyl adjacent to an activating group) is 1. The number of hydrogen-bond acceptors (Lipinski definition) is 3. The van der Waals surface area contributed by atoms with E-state index in [0.29, 0.717) is 6.04 Å². The molecule has 1 aliphatic heterocycles. The van der Waals surface area contributed by atoms with Crippen molar-refractivity contribution in [1.82, 2.24) is 14.7 Å². The number of aryl methyl sites for hydroxylation is 1. The van der Waals surface area contributed by atoms with Crippen LogP contribution in [-0.4, -0.2) is 34.3 Å². The molecule has 13 heavy (non-hydrogen) atoms. The van der Waals surface area contributed by atoms with Crippen LogP contribution >= 0.6 is 0 Å². The van der Waals surface area contributed by atoms with Crippen LogP contribution in [-0.2, 0) is 7.05 Å². The summed E-state index contributed by atoms with van der Waals surface area (Å²) in [5.74, 6) is 0. The molecule has 2 heterocycles. The molecule has 1 fully saturated rings. The summed E-state index contributed by atoms with van der Waals surface area (Å²) < 4.78 is 1.91. The summed E-state index contributed by atoms with van der Waals surface area (Å²) >= 11 is 0. The Labute approximate surface area is 78.3 Å². The fourth-order valence-electron chi connectivity index (χ4n) is 2.10. The van der Waals surface area contributed by atoms with E-state index in [1.807, 2.05) is 24.0 Å². The highest BCUT2D eigenvalue weighted by Gasteiger charge is 2.31. The van der Waals surface area contributed by atoms with Gasteiger partial charge in [0.2, 0.25) is 0 Å². The molecule has 4 nitrogen and oxygen atoms in total. The van der Waals surface area contributed by atoms with Gasteiger partial charge in [-0.1, -0.05) is 0 Å². The normalized spacial score (nSPS) is 29.8. The standard InChI is InChI=1S/C9H16N4/c1-12-6-4-7(10)9(12)8-3-5-11-13(8)2/h3,5,7,9H,4,6,10H2,1-2H3. The van der Waals surface area contributed by atoms with Crippen molar-refractivity contribution in [3.63, 3.8) is 0 Å². The van der Waals surface area contributed by atoms with Crippen LogP contribution in [0.4, 0.5) is 0 Å². The van der Waals surface area contributed by atoms with Crippen LogP contribution in [0.1, 0.15) is 18.2 Å². The van der Waals surface area contributed by atoms with Crippen LogP contribution in [0, 0.1) is 0 Å². The quantitative estimate of drug-likeness (QED) is 0.668. The van der Waals surface area contributed by atoms with Crippen molar-refractivity contribution in [1.29, 1.82) is 0 Å². The predicted octanol–water partition coefficient (Wildman–Crippen LogP) is 0.124. The third kappa shape index (κ3) is 1.36. The molecule has 0 bridgehead atoms. The van der Waals surface area contributed by atoms with Crippen molar-refractivity contribution in [3.8, 4) is 0 Å². The number of aromatic nitrogens is 2. The molecule has 72 valence electrons. The molecule has 1 aliphatic rings. The second-order valence-corrected chi connectivity index (χ2v) is 3.76. The number of nitrogens with zero attached hydrogens (tertiary/aromatic N) is 3. The molecule has 1 aromatic rings. The van der Waals surface area contributed by atoms with E-state index >= 15 is 0 Å². The van der Waals surface area contributed by atoms with Gasteiger partial charge in [-0.2, -0.15) is 5.10 Å². The summed E-state index contributed by atoms with van der Waals surface area (Å²) in [6.45, 7) is 1.08. The lowest BCUT2D eigenvalue weighted by atomic mass is 10.1. The van der Waals surface area contributed by atoms with Crippen molar-refractivity contribution in [3.05, 3.63) is 18.0 Å². The van der Waals surface area contributed by atoms with Crippen LogP contribution in [0.25, 0.3) is 0 Å². The lowest BCUT2D eigenvalue weighted by Crippen LogP contribution is -2.31. The van der Waals surface area contributed by atoms with Gasteiger partial charge in [-0.25, -0.2) is 0 Å².